The molecular weight excluding hydrogens is 288 g/mol. The Kier molecular flexibility index (Phi) is 5.73. The number of nitro groups is 1. The van der Waals surface area contributed by atoms with E-state index in [1.807, 2.05) is 25.6 Å². The quantitative estimate of drug-likeness (QED) is 0.637. The summed E-state index contributed by atoms with van der Waals surface area (Å²) in [5.74, 6) is 3.30. The van der Waals surface area contributed by atoms with Gasteiger partial charge in [0, 0.05) is 6.54 Å². The number of nitrogens with zero attached hydrogens (tertiary/aromatic N) is 1. The summed E-state index contributed by atoms with van der Waals surface area (Å²) >= 11 is 1.98. The lowest BCUT2D eigenvalue weighted by molar-refractivity contribution is -0.385. The molecule has 116 valence electrons. The van der Waals surface area contributed by atoms with Crippen LogP contribution in [0.15, 0.2) is 18.2 Å². The molecule has 0 spiro atoms. The Hall–Kier alpha value is -1.43. The fourth-order valence-corrected chi connectivity index (χ4v) is 3.61. The monoisotopic (exact) mass is 310 g/mol. The first-order valence-electron chi connectivity index (χ1n) is 7.33. The van der Waals surface area contributed by atoms with E-state index >= 15 is 0 Å². The van der Waals surface area contributed by atoms with Crippen molar-refractivity contribution in [3.63, 3.8) is 0 Å². The molecule has 1 aromatic carbocycles. The Bertz CT molecular complexity index is 488. The van der Waals surface area contributed by atoms with Crippen LogP contribution in [0.1, 0.15) is 26.7 Å². The van der Waals surface area contributed by atoms with Gasteiger partial charge in [-0.15, -0.1) is 0 Å². The van der Waals surface area contributed by atoms with Crippen molar-refractivity contribution < 1.29 is 9.66 Å². The Morgan fingerprint density at radius 3 is 2.76 bits per heavy atom. The first kappa shape index (κ1) is 15.9. The van der Waals surface area contributed by atoms with Crippen LogP contribution >= 0.6 is 11.8 Å². The molecule has 0 aromatic heterocycles. The molecule has 0 bridgehead atoms. The molecule has 5 nitrogen and oxygen atoms in total. The van der Waals surface area contributed by atoms with Gasteiger partial charge in [0.25, 0.3) is 0 Å². The van der Waals surface area contributed by atoms with Crippen molar-refractivity contribution in [3.8, 4) is 5.75 Å². The largest absolute Gasteiger partial charge is 0.484 e. The van der Waals surface area contributed by atoms with Gasteiger partial charge in [-0.2, -0.15) is 11.8 Å². The van der Waals surface area contributed by atoms with E-state index in [0.29, 0.717) is 17.4 Å². The first-order chi connectivity index (χ1) is 10.1. The number of hydrogen-bond donors (Lipinski definition) is 1. The summed E-state index contributed by atoms with van der Waals surface area (Å²) in [6, 6.07) is 5.20. The predicted molar refractivity (Wildman–Crippen MR) is 87.4 cm³/mol. The molecule has 2 rings (SSSR count). The van der Waals surface area contributed by atoms with E-state index in [4.69, 9.17) is 4.74 Å². The van der Waals surface area contributed by atoms with Gasteiger partial charge < -0.3 is 10.1 Å². The van der Waals surface area contributed by atoms with Crippen molar-refractivity contribution in [3.05, 3.63) is 28.3 Å². The first-order valence-corrected chi connectivity index (χ1v) is 8.49. The van der Waals surface area contributed by atoms with E-state index in [1.165, 1.54) is 24.3 Å². The topological polar surface area (TPSA) is 64.4 Å². The van der Waals surface area contributed by atoms with E-state index in [0.717, 1.165) is 6.54 Å². The smallest absolute Gasteiger partial charge is 0.333 e. The van der Waals surface area contributed by atoms with Gasteiger partial charge in [-0.3, -0.25) is 10.1 Å². The Labute approximate surface area is 129 Å². The highest BCUT2D eigenvalue weighted by atomic mass is 32.2. The molecule has 1 N–H and O–H groups in total. The molecule has 0 atom stereocenters. The van der Waals surface area contributed by atoms with Crippen LogP contribution in [0, 0.1) is 16.0 Å². The van der Waals surface area contributed by atoms with Gasteiger partial charge in [0.1, 0.15) is 5.69 Å². The summed E-state index contributed by atoms with van der Waals surface area (Å²) in [6.07, 6.45) is 2.26. The fraction of sp³-hybridized carbons (Fsp3) is 0.600. The number of benzene rings is 1. The highest BCUT2D eigenvalue weighted by Gasteiger charge is 2.22. The number of nitrogens with one attached hydrogen (secondary N) is 1. The summed E-state index contributed by atoms with van der Waals surface area (Å²) in [6.45, 7) is 4.51. The third-order valence-corrected chi connectivity index (χ3v) is 4.52. The van der Waals surface area contributed by atoms with Crippen LogP contribution in [0.5, 0.6) is 5.75 Å². The van der Waals surface area contributed by atoms with Gasteiger partial charge in [0.2, 0.25) is 0 Å². The van der Waals surface area contributed by atoms with Gasteiger partial charge in [0.05, 0.1) is 11.0 Å². The summed E-state index contributed by atoms with van der Waals surface area (Å²) in [5.41, 5.74) is 0.591. The van der Waals surface area contributed by atoms with Crippen LogP contribution in [0.4, 0.5) is 11.4 Å². The Morgan fingerprint density at radius 2 is 2.14 bits per heavy atom. The zero-order chi connectivity index (χ0) is 15.2. The molecule has 21 heavy (non-hydrogen) atoms. The SMILES string of the molecule is CC(C)Oc1cccc(NCC2CCSCC2)c1[N+](=O)[O-]. The van der Waals surface area contributed by atoms with E-state index < -0.39 is 0 Å². The lowest BCUT2D eigenvalue weighted by Gasteiger charge is -2.22. The lowest BCUT2D eigenvalue weighted by atomic mass is 10.0. The average molecular weight is 310 g/mol. The Balaban J connectivity index is 2.11. The van der Waals surface area contributed by atoms with Crippen LogP contribution in [0.3, 0.4) is 0 Å². The number of nitro benzene ring substituents is 1. The van der Waals surface area contributed by atoms with Gasteiger partial charge in [-0.25, -0.2) is 0 Å². The number of anilines is 1. The van der Waals surface area contributed by atoms with Crippen molar-refractivity contribution in [1.29, 1.82) is 0 Å². The van der Waals surface area contributed by atoms with Gasteiger partial charge >= 0.3 is 5.69 Å². The summed E-state index contributed by atoms with van der Waals surface area (Å²) in [4.78, 5) is 11.0. The van der Waals surface area contributed by atoms with Crippen molar-refractivity contribution >= 4 is 23.1 Å². The van der Waals surface area contributed by atoms with E-state index in [2.05, 4.69) is 5.32 Å². The number of ether oxygens (including phenoxy) is 1. The third-order valence-electron chi connectivity index (χ3n) is 3.47. The van der Waals surface area contributed by atoms with Crippen molar-refractivity contribution in [2.75, 3.05) is 23.4 Å². The van der Waals surface area contributed by atoms with Crippen LogP contribution in [0.2, 0.25) is 0 Å². The molecule has 0 amide bonds. The fourth-order valence-electron chi connectivity index (χ4n) is 2.41. The second-order valence-corrected chi connectivity index (χ2v) is 6.74. The standard InChI is InChI=1S/C15H22N2O3S/c1-11(2)20-14-5-3-4-13(15(14)17(18)19)16-10-12-6-8-21-9-7-12/h3-5,11-12,16H,6-10H2,1-2H3. The lowest BCUT2D eigenvalue weighted by Crippen LogP contribution is -2.19. The highest BCUT2D eigenvalue weighted by molar-refractivity contribution is 7.99. The van der Waals surface area contributed by atoms with Crippen LogP contribution < -0.4 is 10.1 Å². The molecule has 1 fully saturated rings. The van der Waals surface area contributed by atoms with Crippen molar-refractivity contribution in [2.45, 2.75) is 32.8 Å². The average Bonchev–Trinajstić information content (AvgIpc) is 2.45. The van der Waals surface area contributed by atoms with E-state index in [1.54, 1.807) is 18.2 Å². The number of hydrogen-bond acceptors (Lipinski definition) is 5. The van der Waals surface area contributed by atoms with Crippen LogP contribution in [-0.2, 0) is 0 Å². The van der Waals surface area contributed by atoms with Gasteiger partial charge in [-0.1, -0.05) is 6.07 Å². The molecule has 1 saturated heterocycles. The zero-order valence-corrected chi connectivity index (χ0v) is 13.3. The van der Waals surface area contributed by atoms with E-state index in [-0.39, 0.29) is 16.7 Å². The molecule has 0 saturated carbocycles. The maximum atomic E-state index is 11.4. The molecule has 1 aromatic rings. The number of rotatable bonds is 6. The molecule has 1 aliphatic heterocycles. The minimum absolute atomic E-state index is 0.0383. The molecule has 0 aliphatic carbocycles. The molecule has 1 aliphatic rings. The van der Waals surface area contributed by atoms with Crippen LogP contribution in [0.25, 0.3) is 0 Å². The maximum Gasteiger partial charge on any atom is 0.333 e. The summed E-state index contributed by atoms with van der Waals surface area (Å²) in [7, 11) is 0. The molecule has 1 heterocycles. The van der Waals surface area contributed by atoms with E-state index in [9.17, 15) is 10.1 Å². The molecule has 6 heteroatoms. The minimum atomic E-state index is -0.364. The van der Waals surface area contributed by atoms with Gasteiger partial charge in [-0.05, 0) is 56.2 Å². The molecule has 0 unspecified atom stereocenters. The summed E-state index contributed by atoms with van der Waals surface area (Å²) in [5, 5.41) is 14.6. The van der Waals surface area contributed by atoms with Crippen LogP contribution in [-0.4, -0.2) is 29.1 Å². The second kappa shape index (κ2) is 7.54. The number of thioether (sulfide) groups is 1. The summed E-state index contributed by atoms with van der Waals surface area (Å²) < 4.78 is 5.55. The molecule has 0 radical (unpaired) electrons. The second-order valence-electron chi connectivity index (χ2n) is 5.51. The zero-order valence-electron chi connectivity index (χ0n) is 12.5. The predicted octanol–water partition coefficient (Wildman–Crippen LogP) is 3.94. The third kappa shape index (κ3) is 4.52. The molecular formula is C15H22N2O3S. The maximum absolute atomic E-state index is 11.4. The minimum Gasteiger partial charge on any atom is -0.484 e. The van der Waals surface area contributed by atoms with Crippen molar-refractivity contribution in [2.24, 2.45) is 5.92 Å². The Morgan fingerprint density at radius 1 is 1.43 bits per heavy atom. The van der Waals surface area contributed by atoms with Crippen molar-refractivity contribution in [1.82, 2.24) is 0 Å². The normalized spacial score (nSPS) is 16.0. The van der Waals surface area contributed by atoms with Gasteiger partial charge in [0.15, 0.2) is 5.75 Å². The number of para-hydroxylation sites is 1. The highest BCUT2D eigenvalue weighted by Crippen LogP contribution is 2.35.